The molecular formula is C16H25N3O. The van der Waals surface area contributed by atoms with Crippen LogP contribution in [-0.2, 0) is 0 Å². The maximum absolute atomic E-state index is 12.1. The summed E-state index contributed by atoms with van der Waals surface area (Å²) < 4.78 is 0. The van der Waals surface area contributed by atoms with Gasteiger partial charge in [-0.2, -0.15) is 0 Å². The first-order valence-electron chi connectivity index (χ1n) is 7.55. The second kappa shape index (κ2) is 6.25. The Morgan fingerprint density at radius 1 is 1.40 bits per heavy atom. The molecule has 0 radical (unpaired) electrons. The summed E-state index contributed by atoms with van der Waals surface area (Å²) >= 11 is 0. The van der Waals surface area contributed by atoms with E-state index >= 15 is 0 Å². The number of carbonyl (C=O) groups is 1. The molecule has 1 aromatic rings. The van der Waals surface area contributed by atoms with E-state index in [-0.39, 0.29) is 5.91 Å². The minimum absolute atomic E-state index is 0.0704. The quantitative estimate of drug-likeness (QED) is 0.804. The van der Waals surface area contributed by atoms with Crippen molar-refractivity contribution in [3.8, 4) is 0 Å². The van der Waals surface area contributed by atoms with E-state index in [1.807, 2.05) is 6.07 Å². The molecule has 0 unspecified atom stereocenters. The van der Waals surface area contributed by atoms with Gasteiger partial charge in [0.05, 0.1) is 11.9 Å². The number of amides is 1. The average molecular weight is 275 g/mol. The highest BCUT2D eigenvalue weighted by molar-refractivity contribution is 5.92. The lowest BCUT2D eigenvalue weighted by atomic mass is 9.92. The maximum atomic E-state index is 12.1. The molecule has 0 aromatic carbocycles. The van der Waals surface area contributed by atoms with Crippen LogP contribution in [-0.4, -0.2) is 24.0 Å². The van der Waals surface area contributed by atoms with Crippen LogP contribution in [0.1, 0.15) is 50.5 Å². The zero-order valence-corrected chi connectivity index (χ0v) is 12.7. The Labute approximate surface area is 121 Å². The Hall–Kier alpha value is -1.58. The van der Waals surface area contributed by atoms with Crippen LogP contribution in [0.3, 0.4) is 0 Å². The third-order valence-electron chi connectivity index (χ3n) is 4.29. The molecule has 20 heavy (non-hydrogen) atoms. The molecule has 1 aromatic heterocycles. The molecule has 1 aliphatic rings. The van der Waals surface area contributed by atoms with Crippen molar-refractivity contribution >= 4 is 11.6 Å². The van der Waals surface area contributed by atoms with Gasteiger partial charge in [0.2, 0.25) is 0 Å². The van der Waals surface area contributed by atoms with E-state index in [9.17, 15) is 4.79 Å². The lowest BCUT2D eigenvalue weighted by molar-refractivity contribution is 0.0935. The molecule has 0 aliphatic heterocycles. The van der Waals surface area contributed by atoms with Crippen LogP contribution >= 0.6 is 0 Å². The largest absolute Gasteiger partial charge is 0.384 e. The Kier molecular flexibility index (Phi) is 4.63. The van der Waals surface area contributed by atoms with Gasteiger partial charge < -0.3 is 10.6 Å². The van der Waals surface area contributed by atoms with E-state index in [1.165, 1.54) is 12.8 Å². The van der Waals surface area contributed by atoms with Crippen molar-refractivity contribution in [1.82, 2.24) is 10.3 Å². The van der Waals surface area contributed by atoms with Crippen molar-refractivity contribution in [3.05, 3.63) is 24.0 Å². The fourth-order valence-corrected chi connectivity index (χ4v) is 2.37. The molecule has 0 bridgehead atoms. The van der Waals surface area contributed by atoms with Gasteiger partial charge in [0, 0.05) is 13.1 Å². The first kappa shape index (κ1) is 14.8. The standard InChI is InChI=1S/C16H25N3O/c1-4-9-17-13-5-6-14(18-10-13)15(20)19-11-16(7-8-16)12(2)3/h5-6,10,12,17H,4,7-9,11H2,1-3H3,(H,19,20). The zero-order chi connectivity index (χ0) is 14.6. The molecule has 0 spiro atoms. The number of carbonyl (C=O) groups excluding carboxylic acids is 1. The van der Waals surface area contributed by atoms with Crippen molar-refractivity contribution in [1.29, 1.82) is 0 Å². The summed E-state index contributed by atoms with van der Waals surface area (Å²) in [5, 5.41) is 6.27. The average Bonchev–Trinajstić information content (AvgIpc) is 3.24. The summed E-state index contributed by atoms with van der Waals surface area (Å²) in [4.78, 5) is 16.3. The van der Waals surface area contributed by atoms with Crippen LogP contribution in [0.2, 0.25) is 0 Å². The smallest absolute Gasteiger partial charge is 0.269 e. The number of rotatable bonds is 7. The van der Waals surface area contributed by atoms with Crippen molar-refractivity contribution in [2.24, 2.45) is 11.3 Å². The van der Waals surface area contributed by atoms with E-state index in [1.54, 1.807) is 12.3 Å². The van der Waals surface area contributed by atoms with Crippen molar-refractivity contribution in [2.45, 2.75) is 40.0 Å². The number of aromatic nitrogens is 1. The second-order valence-corrected chi connectivity index (χ2v) is 6.06. The van der Waals surface area contributed by atoms with Gasteiger partial charge in [0.15, 0.2) is 0 Å². The predicted molar refractivity (Wildman–Crippen MR) is 81.9 cm³/mol. The van der Waals surface area contributed by atoms with Gasteiger partial charge in [-0.05, 0) is 42.7 Å². The first-order valence-corrected chi connectivity index (χ1v) is 7.55. The van der Waals surface area contributed by atoms with E-state index < -0.39 is 0 Å². The SMILES string of the molecule is CCCNc1ccc(C(=O)NCC2(C(C)C)CC2)nc1. The molecule has 1 amide bonds. The van der Waals surface area contributed by atoms with E-state index in [4.69, 9.17) is 0 Å². The van der Waals surface area contributed by atoms with Gasteiger partial charge in [-0.15, -0.1) is 0 Å². The number of hydrogen-bond acceptors (Lipinski definition) is 3. The lowest BCUT2D eigenvalue weighted by Crippen LogP contribution is -2.33. The zero-order valence-electron chi connectivity index (χ0n) is 12.7. The van der Waals surface area contributed by atoms with Crippen LogP contribution in [0.4, 0.5) is 5.69 Å². The molecule has 0 saturated heterocycles. The molecule has 4 heteroatoms. The van der Waals surface area contributed by atoms with Crippen LogP contribution in [0.5, 0.6) is 0 Å². The molecule has 1 heterocycles. The summed E-state index contributed by atoms with van der Waals surface area (Å²) in [6, 6.07) is 3.69. The van der Waals surface area contributed by atoms with E-state index in [0.717, 1.165) is 25.2 Å². The minimum atomic E-state index is -0.0704. The van der Waals surface area contributed by atoms with Crippen LogP contribution in [0, 0.1) is 11.3 Å². The van der Waals surface area contributed by atoms with Crippen LogP contribution < -0.4 is 10.6 Å². The number of pyridine rings is 1. The highest BCUT2D eigenvalue weighted by Gasteiger charge is 2.45. The minimum Gasteiger partial charge on any atom is -0.384 e. The predicted octanol–water partition coefficient (Wildman–Crippen LogP) is 3.07. The fraction of sp³-hybridized carbons (Fsp3) is 0.625. The Bertz CT molecular complexity index is 449. The van der Waals surface area contributed by atoms with E-state index in [0.29, 0.717) is 17.0 Å². The molecule has 0 atom stereocenters. The Morgan fingerprint density at radius 3 is 2.65 bits per heavy atom. The molecule has 2 rings (SSSR count). The highest BCUT2D eigenvalue weighted by Crippen LogP contribution is 2.51. The first-order chi connectivity index (χ1) is 9.57. The van der Waals surface area contributed by atoms with Crippen LogP contribution in [0.15, 0.2) is 18.3 Å². The topological polar surface area (TPSA) is 54.0 Å². The lowest BCUT2D eigenvalue weighted by Gasteiger charge is -2.19. The molecule has 1 saturated carbocycles. The van der Waals surface area contributed by atoms with Gasteiger partial charge in [-0.25, -0.2) is 4.98 Å². The summed E-state index contributed by atoms with van der Waals surface area (Å²) in [6.07, 6.45) is 5.23. The summed E-state index contributed by atoms with van der Waals surface area (Å²) in [5.41, 5.74) is 1.79. The summed E-state index contributed by atoms with van der Waals surface area (Å²) in [6.45, 7) is 8.26. The van der Waals surface area contributed by atoms with Crippen molar-refractivity contribution in [2.75, 3.05) is 18.4 Å². The number of hydrogen-bond donors (Lipinski definition) is 2. The highest BCUT2D eigenvalue weighted by atomic mass is 16.1. The normalized spacial score (nSPS) is 16.0. The molecule has 110 valence electrons. The van der Waals surface area contributed by atoms with Crippen molar-refractivity contribution in [3.63, 3.8) is 0 Å². The molecule has 2 N–H and O–H groups in total. The van der Waals surface area contributed by atoms with Gasteiger partial charge >= 0.3 is 0 Å². The van der Waals surface area contributed by atoms with Crippen molar-refractivity contribution < 1.29 is 4.79 Å². The van der Waals surface area contributed by atoms with Gasteiger partial charge in [0.25, 0.3) is 5.91 Å². The van der Waals surface area contributed by atoms with Gasteiger partial charge in [0.1, 0.15) is 5.69 Å². The van der Waals surface area contributed by atoms with Gasteiger partial charge in [-0.3, -0.25) is 4.79 Å². The van der Waals surface area contributed by atoms with Gasteiger partial charge in [-0.1, -0.05) is 20.8 Å². The Morgan fingerprint density at radius 2 is 2.15 bits per heavy atom. The summed E-state index contributed by atoms with van der Waals surface area (Å²) in [7, 11) is 0. The molecular weight excluding hydrogens is 250 g/mol. The maximum Gasteiger partial charge on any atom is 0.269 e. The fourth-order valence-electron chi connectivity index (χ4n) is 2.37. The third-order valence-corrected chi connectivity index (χ3v) is 4.29. The monoisotopic (exact) mass is 275 g/mol. The molecule has 1 aliphatic carbocycles. The Balaban J connectivity index is 1.86. The number of nitrogens with one attached hydrogen (secondary N) is 2. The third kappa shape index (κ3) is 3.50. The second-order valence-electron chi connectivity index (χ2n) is 6.06. The number of nitrogens with zero attached hydrogens (tertiary/aromatic N) is 1. The van der Waals surface area contributed by atoms with E-state index in [2.05, 4.69) is 36.4 Å². The van der Waals surface area contributed by atoms with Crippen LogP contribution in [0.25, 0.3) is 0 Å². The molecule has 1 fully saturated rings. The number of anilines is 1. The molecule has 4 nitrogen and oxygen atoms in total. The summed E-state index contributed by atoms with van der Waals surface area (Å²) in [5.74, 6) is 0.551.